The molecular formula is C12H17N3O2. The zero-order chi connectivity index (χ0) is 12.4. The van der Waals surface area contributed by atoms with Crippen molar-refractivity contribution in [1.82, 2.24) is 5.32 Å². The van der Waals surface area contributed by atoms with Crippen LogP contribution in [-0.4, -0.2) is 30.1 Å². The molecule has 1 N–H and O–H groups in total. The number of nitrogens with one attached hydrogen (secondary N) is 1. The van der Waals surface area contributed by atoms with Crippen molar-refractivity contribution in [2.45, 2.75) is 25.9 Å². The number of para-hydroxylation sites is 2. The Morgan fingerprint density at radius 1 is 1.29 bits per heavy atom. The first-order valence-corrected chi connectivity index (χ1v) is 5.82. The molecular weight excluding hydrogens is 218 g/mol. The third-order valence-corrected chi connectivity index (χ3v) is 2.98. The molecule has 1 saturated heterocycles. The summed E-state index contributed by atoms with van der Waals surface area (Å²) < 4.78 is 0. The van der Waals surface area contributed by atoms with Crippen LogP contribution in [-0.2, 0) is 0 Å². The molecule has 0 amide bonds. The minimum absolute atomic E-state index is 0.189. The Hall–Kier alpha value is -1.62. The summed E-state index contributed by atoms with van der Waals surface area (Å²) in [5.74, 6) is 0. The summed E-state index contributed by atoms with van der Waals surface area (Å²) in [4.78, 5) is 12.8. The van der Waals surface area contributed by atoms with Crippen molar-refractivity contribution < 1.29 is 4.92 Å². The van der Waals surface area contributed by atoms with E-state index in [1.165, 1.54) is 0 Å². The molecule has 2 atom stereocenters. The molecule has 1 aromatic rings. The monoisotopic (exact) mass is 235 g/mol. The fourth-order valence-electron chi connectivity index (χ4n) is 2.41. The van der Waals surface area contributed by atoms with Crippen LogP contribution >= 0.6 is 0 Å². The van der Waals surface area contributed by atoms with Gasteiger partial charge in [-0.05, 0) is 19.9 Å². The molecule has 0 unspecified atom stereocenters. The van der Waals surface area contributed by atoms with E-state index in [9.17, 15) is 10.1 Å². The molecule has 5 nitrogen and oxygen atoms in total. The van der Waals surface area contributed by atoms with E-state index in [0.717, 1.165) is 18.8 Å². The molecule has 17 heavy (non-hydrogen) atoms. The average Bonchev–Trinajstić information content (AvgIpc) is 2.27. The summed E-state index contributed by atoms with van der Waals surface area (Å²) in [6, 6.07) is 7.63. The minimum Gasteiger partial charge on any atom is -0.363 e. The highest BCUT2D eigenvalue weighted by Crippen LogP contribution is 2.28. The van der Waals surface area contributed by atoms with Gasteiger partial charge in [-0.2, -0.15) is 0 Å². The topological polar surface area (TPSA) is 58.4 Å². The first-order valence-electron chi connectivity index (χ1n) is 5.82. The van der Waals surface area contributed by atoms with Gasteiger partial charge in [0.25, 0.3) is 5.69 Å². The average molecular weight is 235 g/mol. The molecule has 92 valence electrons. The van der Waals surface area contributed by atoms with Gasteiger partial charge in [0.15, 0.2) is 0 Å². The van der Waals surface area contributed by atoms with Crippen molar-refractivity contribution in [3.8, 4) is 0 Å². The van der Waals surface area contributed by atoms with Gasteiger partial charge < -0.3 is 10.2 Å². The predicted octanol–water partition coefficient (Wildman–Crippen LogP) is 1.78. The van der Waals surface area contributed by atoms with Gasteiger partial charge in [-0.15, -0.1) is 0 Å². The number of piperazine rings is 1. The zero-order valence-electron chi connectivity index (χ0n) is 10.1. The Balaban J connectivity index is 2.30. The zero-order valence-corrected chi connectivity index (χ0v) is 10.1. The Bertz CT molecular complexity index is 412. The molecule has 0 spiro atoms. The van der Waals surface area contributed by atoms with Crippen LogP contribution in [0.1, 0.15) is 13.8 Å². The highest BCUT2D eigenvalue weighted by molar-refractivity contribution is 5.63. The molecule has 1 aliphatic rings. The molecule has 1 heterocycles. The second-order valence-corrected chi connectivity index (χ2v) is 4.62. The van der Waals surface area contributed by atoms with E-state index in [1.807, 2.05) is 12.1 Å². The first kappa shape index (κ1) is 11.9. The lowest BCUT2D eigenvalue weighted by atomic mass is 10.1. The molecule has 0 radical (unpaired) electrons. The summed E-state index contributed by atoms with van der Waals surface area (Å²) in [6.07, 6.45) is 0. The van der Waals surface area contributed by atoms with Gasteiger partial charge in [-0.25, -0.2) is 0 Å². The second kappa shape index (κ2) is 4.71. The number of hydrogen-bond acceptors (Lipinski definition) is 4. The molecule has 0 bridgehead atoms. The van der Waals surface area contributed by atoms with Crippen LogP contribution in [0.2, 0.25) is 0 Å². The SMILES string of the molecule is C[C@H]1CN(c2ccccc2[N+](=O)[O-])C[C@H](C)N1. The summed E-state index contributed by atoms with van der Waals surface area (Å²) in [5.41, 5.74) is 0.909. The van der Waals surface area contributed by atoms with E-state index >= 15 is 0 Å². The normalized spacial score (nSPS) is 24.7. The predicted molar refractivity (Wildman–Crippen MR) is 67.4 cm³/mol. The summed E-state index contributed by atoms with van der Waals surface area (Å²) >= 11 is 0. The Kier molecular flexibility index (Phi) is 3.28. The van der Waals surface area contributed by atoms with Crippen molar-refractivity contribution in [1.29, 1.82) is 0 Å². The first-order chi connectivity index (χ1) is 8.08. The summed E-state index contributed by atoms with van der Waals surface area (Å²) in [7, 11) is 0. The summed E-state index contributed by atoms with van der Waals surface area (Å²) in [6.45, 7) is 5.79. The number of anilines is 1. The van der Waals surface area contributed by atoms with Gasteiger partial charge in [-0.3, -0.25) is 10.1 Å². The van der Waals surface area contributed by atoms with Crippen molar-refractivity contribution in [2.75, 3.05) is 18.0 Å². The summed E-state index contributed by atoms with van der Waals surface area (Å²) in [5, 5.41) is 14.4. The van der Waals surface area contributed by atoms with Crippen LogP contribution in [0, 0.1) is 10.1 Å². The van der Waals surface area contributed by atoms with E-state index < -0.39 is 0 Å². The van der Waals surface area contributed by atoms with Gasteiger partial charge in [0.05, 0.1) is 4.92 Å². The van der Waals surface area contributed by atoms with Crippen LogP contribution in [0.3, 0.4) is 0 Å². The van der Waals surface area contributed by atoms with Crippen molar-refractivity contribution in [3.63, 3.8) is 0 Å². The maximum absolute atomic E-state index is 11.0. The lowest BCUT2D eigenvalue weighted by molar-refractivity contribution is -0.384. The lowest BCUT2D eigenvalue weighted by Crippen LogP contribution is -2.54. The van der Waals surface area contributed by atoms with Crippen molar-refractivity contribution in [2.24, 2.45) is 0 Å². The van der Waals surface area contributed by atoms with Crippen LogP contribution < -0.4 is 10.2 Å². The van der Waals surface area contributed by atoms with E-state index in [4.69, 9.17) is 0 Å². The van der Waals surface area contributed by atoms with Gasteiger partial charge in [0.1, 0.15) is 5.69 Å². The number of nitro benzene ring substituents is 1. The molecule has 1 aromatic carbocycles. The van der Waals surface area contributed by atoms with Crippen LogP contribution in [0.15, 0.2) is 24.3 Å². The smallest absolute Gasteiger partial charge is 0.292 e. The van der Waals surface area contributed by atoms with Gasteiger partial charge in [0.2, 0.25) is 0 Å². The highest BCUT2D eigenvalue weighted by Gasteiger charge is 2.25. The van der Waals surface area contributed by atoms with Gasteiger partial charge >= 0.3 is 0 Å². The maximum Gasteiger partial charge on any atom is 0.292 e. The van der Waals surface area contributed by atoms with E-state index in [2.05, 4.69) is 24.1 Å². The number of rotatable bonds is 2. The van der Waals surface area contributed by atoms with E-state index in [1.54, 1.807) is 12.1 Å². The third kappa shape index (κ3) is 2.55. The number of hydrogen-bond donors (Lipinski definition) is 1. The number of nitro groups is 1. The van der Waals surface area contributed by atoms with E-state index in [-0.39, 0.29) is 10.6 Å². The van der Waals surface area contributed by atoms with Gasteiger partial charge in [0, 0.05) is 31.2 Å². The highest BCUT2D eigenvalue weighted by atomic mass is 16.6. The Morgan fingerprint density at radius 2 is 1.88 bits per heavy atom. The molecule has 1 aliphatic heterocycles. The molecule has 5 heteroatoms. The third-order valence-electron chi connectivity index (χ3n) is 2.98. The van der Waals surface area contributed by atoms with Crippen molar-refractivity contribution in [3.05, 3.63) is 34.4 Å². The largest absolute Gasteiger partial charge is 0.363 e. The minimum atomic E-state index is -0.313. The van der Waals surface area contributed by atoms with E-state index in [0.29, 0.717) is 12.1 Å². The fourth-order valence-corrected chi connectivity index (χ4v) is 2.41. The quantitative estimate of drug-likeness (QED) is 0.627. The van der Waals surface area contributed by atoms with Crippen molar-refractivity contribution >= 4 is 11.4 Å². The maximum atomic E-state index is 11.0. The number of benzene rings is 1. The Morgan fingerprint density at radius 3 is 2.47 bits per heavy atom. The molecule has 2 rings (SSSR count). The fraction of sp³-hybridized carbons (Fsp3) is 0.500. The molecule has 1 fully saturated rings. The van der Waals surface area contributed by atoms with Crippen LogP contribution in [0.4, 0.5) is 11.4 Å². The van der Waals surface area contributed by atoms with Crippen LogP contribution in [0.5, 0.6) is 0 Å². The second-order valence-electron chi connectivity index (χ2n) is 4.62. The van der Waals surface area contributed by atoms with Gasteiger partial charge in [-0.1, -0.05) is 12.1 Å². The molecule has 0 aliphatic carbocycles. The van der Waals surface area contributed by atoms with Crippen LogP contribution in [0.25, 0.3) is 0 Å². The lowest BCUT2D eigenvalue weighted by Gasteiger charge is -2.37. The number of nitrogens with zero attached hydrogens (tertiary/aromatic N) is 2. The molecule has 0 saturated carbocycles. The standard InChI is InChI=1S/C12H17N3O2/c1-9-7-14(8-10(2)13-9)11-5-3-4-6-12(11)15(16)17/h3-6,9-10,13H,7-8H2,1-2H3/t9-,10-/m0/s1. The molecule has 0 aromatic heterocycles. The Labute approximate surface area is 101 Å².